The molecular weight excluding hydrogens is 204 g/mol. The molecule has 0 aromatic heterocycles. The van der Waals surface area contributed by atoms with E-state index in [0.717, 1.165) is 32.6 Å². The van der Waals surface area contributed by atoms with E-state index in [2.05, 4.69) is 5.32 Å². The summed E-state index contributed by atoms with van der Waals surface area (Å²) in [5.41, 5.74) is 12.1. The molecule has 0 aliphatic carbocycles. The quantitative estimate of drug-likeness (QED) is 0.457. The Morgan fingerprint density at radius 2 is 1.62 bits per heavy atom. The lowest BCUT2D eigenvalue weighted by Crippen LogP contribution is -2.42. The summed E-state index contributed by atoms with van der Waals surface area (Å²) in [6.07, 6.45) is 0.904. The summed E-state index contributed by atoms with van der Waals surface area (Å²) in [5, 5.41) is 3.15. The fraction of sp³-hybridized carbons (Fsp3) is 0.364. The molecule has 5 N–H and O–H groups in total. The van der Waals surface area contributed by atoms with Crippen LogP contribution >= 0.6 is 0 Å². The monoisotopic (exact) mass is 222 g/mol. The van der Waals surface area contributed by atoms with Crippen LogP contribution in [0.2, 0.25) is 0 Å². The van der Waals surface area contributed by atoms with E-state index < -0.39 is 0 Å². The van der Waals surface area contributed by atoms with Crippen LogP contribution in [0.3, 0.4) is 0 Å². The molecule has 1 aromatic rings. The molecule has 16 heavy (non-hydrogen) atoms. The molecule has 2 rings (SSSR count). The zero-order valence-electron chi connectivity index (χ0n) is 9.23. The van der Waals surface area contributed by atoms with Gasteiger partial charge in [-0.25, -0.2) is 0 Å². The predicted molar refractivity (Wildman–Crippen MR) is 65.8 cm³/mol. The topological polar surface area (TPSA) is 84.4 Å². The Bertz CT molecular complexity index is 303. The lowest BCUT2D eigenvalue weighted by atomic mass is 10.3. The zero-order valence-corrected chi connectivity index (χ0v) is 9.23. The molecule has 1 saturated heterocycles. The second-order valence-electron chi connectivity index (χ2n) is 3.52. The van der Waals surface area contributed by atoms with Gasteiger partial charge < -0.3 is 21.7 Å². The summed E-state index contributed by atoms with van der Waals surface area (Å²) in [6.45, 7) is 3.62. The molecule has 0 atom stereocenters. The number of nitrogen functional groups attached to an aromatic ring is 2. The van der Waals surface area contributed by atoms with Gasteiger partial charge in [0.05, 0.1) is 11.4 Å². The first kappa shape index (κ1) is 12.3. The van der Waals surface area contributed by atoms with Crippen LogP contribution in [0.15, 0.2) is 24.3 Å². The van der Waals surface area contributed by atoms with Crippen molar-refractivity contribution < 1.29 is 4.79 Å². The Kier molecular flexibility index (Phi) is 5.15. The molecule has 1 heterocycles. The molecule has 1 fully saturated rings. The van der Waals surface area contributed by atoms with Crippen LogP contribution in [-0.2, 0) is 4.79 Å². The minimum absolute atomic E-state index is 0.646. The van der Waals surface area contributed by atoms with E-state index in [1.165, 1.54) is 0 Å². The zero-order chi connectivity index (χ0) is 11.8. The van der Waals surface area contributed by atoms with Gasteiger partial charge in [0.1, 0.15) is 0 Å². The largest absolute Gasteiger partial charge is 0.397 e. The maximum atomic E-state index is 10.1. The third-order valence-corrected chi connectivity index (χ3v) is 2.30. The molecule has 1 aliphatic heterocycles. The van der Waals surface area contributed by atoms with E-state index in [0.29, 0.717) is 11.4 Å². The van der Waals surface area contributed by atoms with E-state index >= 15 is 0 Å². The second-order valence-corrected chi connectivity index (χ2v) is 3.52. The average molecular weight is 222 g/mol. The maximum Gasteiger partial charge on any atom is 0.209 e. The number of piperazine rings is 1. The third-order valence-electron chi connectivity index (χ3n) is 2.30. The van der Waals surface area contributed by atoms with Crippen molar-refractivity contribution in [1.29, 1.82) is 0 Å². The molecule has 1 amide bonds. The maximum absolute atomic E-state index is 10.1. The van der Waals surface area contributed by atoms with Gasteiger partial charge >= 0.3 is 0 Å². The fourth-order valence-electron chi connectivity index (χ4n) is 1.30. The van der Waals surface area contributed by atoms with Crippen molar-refractivity contribution in [1.82, 2.24) is 10.2 Å². The highest BCUT2D eigenvalue weighted by molar-refractivity contribution is 5.62. The molecular formula is C11H18N4O. The number of amides is 1. The number of hydrogen-bond donors (Lipinski definition) is 3. The molecule has 0 unspecified atom stereocenters. The lowest BCUT2D eigenvalue weighted by molar-refractivity contribution is -0.118. The molecule has 5 nitrogen and oxygen atoms in total. The predicted octanol–water partition coefficient (Wildman–Crippen LogP) is -0.101. The smallest absolute Gasteiger partial charge is 0.209 e. The van der Waals surface area contributed by atoms with Crippen molar-refractivity contribution >= 4 is 17.8 Å². The number of anilines is 2. The number of benzene rings is 1. The van der Waals surface area contributed by atoms with Crippen LogP contribution in [-0.4, -0.2) is 37.5 Å². The summed E-state index contributed by atoms with van der Waals surface area (Å²) in [5.74, 6) is 0. The van der Waals surface area contributed by atoms with Gasteiger partial charge in [-0.15, -0.1) is 0 Å². The van der Waals surface area contributed by atoms with E-state index in [1.54, 1.807) is 17.0 Å². The van der Waals surface area contributed by atoms with Crippen molar-refractivity contribution in [3.05, 3.63) is 24.3 Å². The first-order chi connectivity index (χ1) is 7.74. The van der Waals surface area contributed by atoms with Crippen molar-refractivity contribution in [2.24, 2.45) is 0 Å². The molecule has 88 valence electrons. The fourth-order valence-corrected chi connectivity index (χ4v) is 1.30. The normalized spacial score (nSPS) is 14.9. The van der Waals surface area contributed by atoms with Gasteiger partial charge in [0, 0.05) is 26.2 Å². The first-order valence-electron chi connectivity index (χ1n) is 5.24. The van der Waals surface area contributed by atoms with E-state index in [9.17, 15) is 4.79 Å². The molecule has 0 spiro atoms. The van der Waals surface area contributed by atoms with Gasteiger partial charge in [-0.2, -0.15) is 0 Å². The molecule has 0 bridgehead atoms. The average Bonchev–Trinajstić information content (AvgIpc) is 2.35. The lowest BCUT2D eigenvalue weighted by Gasteiger charge is -2.22. The number of nitrogens with two attached hydrogens (primary N) is 2. The third kappa shape index (κ3) is 4.18. The Morgan fingerprint density at radius 1 is 1.12 bits per heavy atom. The highest BCUT2D eigenvalue weighted by Gasteiger charge is 2.04. The number of hydrogen-bond acceptors (Lipinski definition) is 4. The standard InChI is InChI=1S/C6H8N2.C5H10N2O/c7-5-3-1-2-4-6(5)8;8-5-7-3-1-6-2-4-7/h1-4H,7-8H2;5-6H,1-4H2. The van der Waals surface area contributed by atoms with Crippen LogP contribution in [0.5, 0.6) is 0 Å². The van der Waals surface area contributed by atoms with Crippen LogP contribution < -0.4 is 16.8 Å². The Balaban J connectivity index is 0.000000160. The van der Waals surface area contributed by atoms with Gasteiger partial charge in [-0.05, 0) is 12.1 Å². The number of nitrogens with zero attached hydrogens (tertiary/aromatic N) is 1. The van der Waals surface area contributed by atoms with Crippen molar-refractivity contribution in [2.45, 2.75) is 0 Å². The van der Waals surface area contributed by atoms with E-state index in [1.807, 2.05) is 12.1 Å². The van der Waals surface area contributed by atoms with Gasteiger partial charge in [-0.3, -0.25) is 4.79 Å². The highest BCUT2D eigenvalue weighted by Crippen LogP contribution is 2.10. The molecule has 0 saturated carbocycles. The highest BCUT2D eigenvalue weighted by atomic mass is 16.1. The van der Waals surface area contributed by atoms with Crippen LogP contribution in [0.4, 0.5) is 11.4 Å². The number of nitrogens with one attached hydrogen (secondary N) is 1. The molecule has 5 heteroatoms. The van der Waals surface area contributed by atoms with Crippen molar-refractivity contribution in [3.63, 3.8) is 0 Å². The molecule has 1 aliphatic rings. The van der Waals surface area contributed by atoms with E-state index in [4.69, 9.17) is 11.5 Å². The second kappa shape index (κ2) is 6.68. The van der Waals surface area contributed by atoms with Gasteiger partial charge in [0.2, 0.25) is 6.41 Å². The van der Waals surface area contributed by atoms with Crippen molar-refractivity contribution in [3.8, 4) is 0 Å². The summed E-state index contributed by atoms with van der Waals surface area (Å²) in [4.78, 5) is 11.8. The summed E-state index contributed by atoms with van der Waals surface area (Å²) >= 11 is 0. The first-order valence-corrected chi connectivity index (χ1v) is 5.24. The number of rotatable bonds is 1. The number of carbonyl (C=O) groups excluding carboxylic acids is 1. The molecule has 0 radical (unpaired) electrons. The number of carbonyl (C=O) groups is 1. The molecule has 1 aromatic carbocycles. The number of para-hydroxylation sites is 2. The van der Waals surface area contributed by atoms with Crippen LogP contribution in [0.25, 0.3) is 0 Å². The minimum Gasteiger partial charge on any atom is -0.397 e. The summed E-state index contributed by atoms with van der Waals surface area (Å²) in [7, 11) is 0. The van der Waals surface area contributed by atoms with Crippen LogP contribution in [0.1, 0.15) is 0 Å². The van der Waals surface area contributed by atoms with Crippen molar-refractivity contribution in [2.75, 3.05) is 37.6 Å². The Hall–Kier alpha value is -1.75. The Morgan fingerprint density at radius 3 is 1.94 bits per heavy atom. The summed E-state index contributed by atoms with van der Waals surface area (Å²) < 4.78 is 0. The SMILES string of the molecule is Nc1ccccc1N.O=CN1CCNCC1. The Labute approximate surface area is 95.4 Å². The van der Waals surface area contributed by atoms with Crippen LogP contribution in [0, 0.1) is 0 Å². The van der Waals surface area contributed by atoms with Gasteiger partial charge in [-0.1, -0.05) is 12.1 Å². The van der Waals surface area contributed by atoms with E-state index in [-0.39, 0.29) is 0 Å². The van der Waals surface area contributed by atoms with Gasteiger partial charge in [0.15, 0.2) is 0 Å². The minimum atomic E-state index is 0.646. The summed E-state index contributed by atoms with van der Waals surface area (Å²) in [6, 6.07) is 7.25. The van der Waals surface area contributed by atoms with Gasteiger partial charge in [0.25, 0.3) is 0 Å².